The molecule has 2 unspecified atom stereocenters. The first kappa shape index (κ1) is 26.3. The highest BCUT2D eigenvalue weighted by molar-refractivity contribution is 7.85. The maximum Gasteiger partial charge on any atom is 0.0849 e. The minimum Gasteiger partial charge on any atom is -0.249 e. The van der Waals surface area contributed by atoms with Crippen LogP contribution < -0.4 is 0 Å². The van der Waals surface area contributed by atoms with Crippen molar-refractivity contribution in [1.29, 1.82) is 0 Å². The fourth-order valence-corrected chi connectivity index (χ4v) is 9.19. The third kappa shape index (κ3) is 3.83. The summed E-state index contributed by atoms with van der Waals surface area (Å²) >= 11 is 0. The Morgan fingerprint density at radius 3 is 1.14 bits per heavy atom. The summed E-state index contributed by atoms with van der Waals surface area (Å²) in [4.78, 5) is 3.12. The molecule has 2 nitrogen and oxygen atoms in total. The Morgan fingerprint density at radius 2 is 0.744 bits per heavy atom. The van der Waals surface area contributed by atoms with E-state index in [0.29, 0.717) is 0 Å². The summed E-state index contributed by atoms with van der Waals surface area (Å²) in [6.07, 6.45) is 0. The van der Waals surface area contributed by atoms with Crippen molar-refractivity contribution >= 4 is 21.6 Å². The minimum atomic E-state index is -1.33. The molecule has 0 radical (unpaired) electrons. The molecule has 0 saturated heterocycles. The van der Waals surface area contributed by atoms with Crippen LogP contribution in [0.15, 0.2) is 153 Å². The molecule has 1 spiro atoms. The molecule has 0 aliphatic heterocycles. The highest BCUT2D eigenvalue weighted by atomic mass is 32.2. The number of aryl methyl sites for hydroxylation is 2. The number of hydrogen-bond donors (Lipinski definition) is 0. The molecule has 2 aliphatic rings. The van der Waals surface area contributed by atoms with Crippen LogP contribution in [0.2, 0.25) is 0 Å². The Bertz CT molecular complexity index is 1980. The van der Waals surface area contributed by atoms with E-state index in [1.165, 1.54) is 33.4 Å². The summed E-state index contributed by atoms with van der Waals surface area (Å²) in [6.45, 7) is 4.28. The molecular weight excluding hydrogens is 565 g/mol. The van der Waals surface area contributed by atoms with E-state index in [1.807, 2.05) is 72.8 Å². The van der Waals surface area contributed by atoms with Gasteiger partial charge in [-0.05, 0) is 107 Å². The van der Waals surface area contributed by atoms with Gasteiger partial charge in [0.2, 0.25) is 0 Å². The summed E-state index contributed by atoms with van der Waals surface area (Å²) in [5.74, 6) is 0. The molecule has 0 fully saturated rings. The lowest BCUT2D eigenvalue weighted by Gasteiger charge is -2.31. The summed E-state index contributed by atoms with van der Waals surface area (Å²) in [5.41, 5.74) is 11.1. The van der Waals surface area contributed by atoms with Gasteiger partial charge in [0.15, 0.2) is 0 Å². The van der Waals surface area contributed by atoms with Gasteiger partial charge >= 0.3 is 0 Å². The molecule has 0 saturated carbocycles. The summed E-state index contributed by atoms with van der Waals surface area (Å²) in [7, 11) is -2.66. The van der Waals surface area contributed by atoms with Crippen LogP contribution >= 0.6 is 0 Å². The smallest absolute Gasteiger partial charge is 0.0849 e. The van der Waals surface area contributed by atoms with E-state index >= 15 is 0 Å². The van der Waals surface area contributed by atoms with Crippen LogP contribution in [-0.4, -0.2) is 8.42 Å². The van der Waals surface area contributed by atoms with Gasteiger partial charge in [-0.2, -0.15) is 0 Å². The van der Waals surface area contributed by atoms with E-state index < -0.39 is 27.0 Å². The van der Waals surface area contributed by atoms with E-state index in [0.717, 1.165) is 41.8 Å². The van der Waals surface area contributed by atoms with Crippen LogP contribution in [-0.2, 0) is 27.0 Å². The fraction of sp³-hybridized carbons (Fsp3) is 0.0769. The van der Waals surface area contributed by atoms with Crippen molar-refractivity contribution in [3.8, 4) is 22.3 Å². The molecule has 6 aromatic rings. The number of rotatable bonds is 4. The second-order valence-electron chi connectivity index (χ2n) is 11.4. The first-order valence-electron chi connectivity index (χ1n) is 14.4. The van der Waals surface area contributed by atoms with Crippen molar-refractivity contribution in [3.63, 3.8) is 0 Å². The monoisotopic (exact) mass is 592 g/mol. The van der Waals surface area contributed by atoms with E-state index in [-0.39, 0.29) is 0 Å². The van der Waals surface area contributed by atoms with Gasteiger partial charge in [0.1, 0.15) is 0 Å². The molecule has 0 heterocycles. The predicted molar refractivity (Wildman–Crippen MR) is 174 cm³/mol. The van der Waals surface area contributed by atoms with Gasteiger partial charge in [0.05, 0.1) is 27.0 Å². The van der Waals surface area contributed by atoms with Crippen molar-refractivity contribution in [2.45, 2.75) is 38.8 Å². The first-order valence-corrected chi connectivity index (χ1v) is 16.7. The number of benzene rings is 6. The zero-order chi connectivity index (χ0) is 29.3. The molecule has 208 valence electrons. The molecule has 43 heavy (non-hydrogen) atoms. The largest absolute Gasteiger partial charge is 0.249 e. The lowest BCUT2D eigenvalue weighted by Crippen LogP contribution is -2.26. The Morgan fingerprint density at radius 1 is 0.395 bits per heavy atom. The molecule has 0 N–H and O–H groups in total. The standard InChI is InChI=1S/C39H28O2S2/c1-25-13-17-31-33-19-15-29(42(40)27-9-5-3-6-10-27)23-37(33)39(35(31)21-25)36-22-26(2)14-18-32(36)34-20-16-30(24-38(34)39)43(41)28-11-7-4-8-12-28/h3-24H,1-2H3. The fourth-order valence-electron chi connectivity index (χ4n) is 7.00. The molecule has 2 aliphatic carbocycles. The Labute approximate surface area is 257 Å². The highest BCUT2D eigenvalue weighted by Crippen LogP contribution is 2.63. The third-order valence-corrected chi connectivity index (χ3v) is 11.6. The zero-order valence-electron chi connectivity index (χ0n) is 23.8. The molecule has 0 aromatic heterocycles. The molecule has 8 rings (SSSR count). The SMILES string of the molecule is Cc1ccc2c(c1)C1(c3cc(C)ccc3-c3ccc(S(=O)c4ccccc4)cc31)c1cc(S(=O)c3ccccc3)ccc1-2. The second kappa shape index (κ2) is 9.84. The average molecular weight is 593 g/mol. The van der Waals surface area contributed by atoms with E-state index in [4.69, 9.17) is 0 Å². The van der Waals surface area contributed by atoms with Crippen molar-refractivity contribution in [1.82, 2.24) is 0 Å². The van der Waals surface area contributed by atoms with Gasteiger partial charge in [0, 0.05) is 19.6 Å². The lowest BCUT2D eigenvalue weighted by atomic mass is 9.70. The molecule has 0 amide bonds. The quantitative estimate of drug-likeness (QED) is 0.204. The topological polar surface area (TPSA) is 34.1 Å². The van der Waals surface area contributed by atoms with Gasteiger partial charge < -0.3 is 0 Å². The van der Waals surface area contributed by atoms with E-state index in [9.17, 15) is 8.42 Å². The van der Waals surface area contributed by atoms with Gasteiger partial charge in [-0.15, -0.1) is 0 Å². The van der Waals surface area contributed by atoms with Crippen molar-refractivity contribution in [3.05, 3.63) is 167 Å². The number of fused-ring (bicyclic) bond motifs is 10. The van der Waals surface area contributed by atoms with Crippen LogP contribution in [0.25, 0.3) is 22.3 Å². The first-order chi connectivity index (χ1) is 21.0. The van der Waals surface area contributed by atoms with Gasteiger partial charge in [-0.25, -0.2) is 8.42 Å². The molecule has 6 aromatic carbocycles. The maximum absolute atomic E-state index is 13.9. The maximum atomic E-state index is 13.9. The van der Waals surface area contributed by atoms with Gasteiger partial charge in [-0.3, -0.25) is 0 Å². The van der Waals surface area contributed by atoms with E-state index in [1.54, 1.807) is 0 Å². The summed E-state index contributed by atoms with van der Waals surface area (Å²) in [5, 5.41) is 0. The van der Waals surface area contributed by atoms with Crippen molar-refractivity contribution < 1.29 is 8.42 Å². The van der Waals surface area contributed by atoms with Crippen molar-refractivity contribution in [2.75, 3.05) is 0 Å². The normalized spacial score (nSPS) is 17.2. The highest BCUT2D eigenvalue weighted by Gasteiger charge is 2.52. The molecule has 0 bridgehead atoms. The minimum absolute atomic E-state index is 0.624. The Hall–Kier alpha value is -4.38. The van der Waals surface area contributed by atoms with Crippen LogP contribution in [0.4, 0.5) is 0 Å². The average Bonchev–Trinajstić information content (AvgIpc) is 3.50. The zero-order valence-corrected chi connectivity index (χ0v) is 25.5. The number of hydrogen-bond acceptors (Lipinski definition) is 2. The van der Waals surface area contributed by atoms with Gasteiger partial charge in [0.25, 0.3) is 0 Å². The van der Waals surface area contributed by atoms with Crippen LogP contribution in [0.1, 0.15) is 33.4 Å². The Kier molecular flexibility index (Phi) is 6.01. The second-order valence-corrected chi connectivity index (χ2v) is 14.4. The molecule has 4 heteroatoms. The van der Waals surface area contributed by atoms with Crippen LogP contribution in [0, 0.1) is 13.8 Å². The Balaban J connectivity index is 1.45. The molecular formula is C39H28O2S2. The lowest BCUT2D eigenvalue weighted by molar-refractivity contribution is 0.682. The predicted octanol–water partition coefficient (Wildman–Crippen LogP) is 8.98. The summed E-state index contributed by atoms with van der Waals surface area (Å²) in [6, 6.07) is 45.4. The van der Waals surface area contributed by atoms with Crippen LogP contribution in [0.5, 0.6) is 0 Å². The van der Waals surface area contributed by atoms with Crippen molar-refractivity contribution in [2.24, 2.45) is 0 Å². The van der Waals surface area contributed by atoms with Crippen LogP contribution in [0.3, 0.4) is 0 Å². The summed E-state index contributed by atoms with van der Waals surface area (Å²) < 4.78 is 27.8. The van der Waals surface area contributed by atoms with E-state index in [2.05, 4.69) is 74.5 Å². The molecule has 2 atom stereocenters. The van der Waals surface area contributed by atoms with Gasteiger partial charge in [-0.1, -0.05) is 96.1 Å². The third-order valence-electron chi connectivity index (χ3n) is 8.87.